The van der Waals surface area contributed by atoms with Crippen LogP contribution in [-0.4, -0.2) is 51.3 Å². The minimum atomic E-state index is -0.0606. The van der Waals surface area contributed by atoms with E-state index in [4.69, 9.17) is 9.47 Å². The Morgan fingerprint density at radius 1 is 1.27 bits per heavy atom. The molecule has 2 saturated heterocycles. The van der Waals surface area contributed by atoms with Crippen LogP contribution in [0.2, 0.25) is 0 Å². The Kier molecular flexibility index (Phi) is 3.77. The van der Waals surface area contributed by atoms with Gasteiger partial charge < -0.3 is 9.47 Å². The van der Waals surface area contributed by atoms with Crippen molar-refractivity contribution in [3.8, 4) is 6.01 Å². The first-order valence-electron chi connectivity index (χ1n) is 7.50. The van der Waals surface area contributed by atoms with E-state index in [1.54, 1.807) is 29.8 Å². The molecule has 2 aliphatic rings. The van der Waals surface area contributed by atoms with Gasteiger partial charge in [0, 0.05) is 49.9 Å². The summed E-state index contributed by atoms with van der Waals surface area (Å²) in [6.45, 7) is 3.54. The maximum atomic E-state index is 6.04. The summed E-state index contributed by atoms with van der Waals surface area (Å²) in [5, 5.41) is 3.18. The highest BCUT2D eigenvalue weighted by Crippen LogP contribution is 2.36. The highest BCUT2D eigenvalue weighted by molar-refractivity contribution is 7.09. The molecule has 6 nitrogen and oxygen atoms in total. The predicted octanol–water partition coefficient (Wildman–Crippen LogP) is 1.75. The van der Waals surface area contributed by atoms with Crippen molar-refractivity contribution >= 4 is 11.3 Å². The highest BCUT2D eigenvalue weighted by Gasteiger charge is 2.48. The van der Waals surface area contributed by atoms with Crippen LogP contribution in [0.4, 0.5) is 0 Å². The lowest BCUT2D eigenvalue weighted by Crippen LogP contribution is -2.65. The van der Waals surface area contributed by atoms with Crippen LogP contribution in [0.15, 0.2) is 30.0 Å². The van der Waals surface area contributed by atoms with Gasteiger partial charge in [-0.1, -0.05) is 0 Å². The molecule has 1 atom stereocenters. The van der Waals surface area contributed by atoms with E-state index in [9.17, 15) is 0 Å². The summed E-state index contributed by atoms with van der Waals surface area (Å²) >= 11 is 1.70. The standard InChI is InChI=1S/C15H18N4O2S/c1-3-17-14(18-4-1)21-12-2-6-20-15(8-12)10-19(11-15)9-13-16-5-7-22-13/h1,3-5,7,12H,2,6,8-11H2/t12-/m0/s1. The van der Waals surface area contributed by atoms with E-state index in [0.717, 1.165) is 44.1 Å². The molecule has 7 heteroatoms. The number of nitrogens with zero attached hydrogens (tertiary/aromatic N) is 4. The van der Waals surface area contributed by atoms with E-state index in [1.807, 2.05) is 11.6 Å². The Bertz CT molecular complexity index is 601. The van der Waals surface area contributed by atoms with Gasteiger partial charge in [-0.15, -0.1) is 11.3 Å². The van der Waals surface area contributed by atoms with Crippen molar-refractivity contribution in [1.82, 2.24) is 19.9 Å². The summed E-state index contributed by atoms with van der Waals surface area (Å²) in [6, 6.07) is 2.25. The molecule has 0 bridgehead atoms. The number of hydrogen-bond acceptors (Lipinski definition) is 7. The van der Waals surface area contributed by atoms with Gasteiger partial charge in [-0.25, -0.2) is 15.0 Å². The summed E-state index contributed by atoms with van der Waals surface area (Å²) in [5.74, 6) is 0. The second-order valence-corrected chi connectivity index (χ2v) is 6.85. The molecule has 0 radical (unpaired) electrons. The van der Waals surface area contributed by atoms with E-state index in [1.165, 1.54) is 0 Å². The largest absolute Gasteiger partial charge is 0.460 e. The third-order valence-electron chi connectivity index (χ3n) is 4.13. The van der Waals surface area contributed by atoms with Crippen molar-refractivity contribution in [2.45, 2.75) is 31.1 Å². The highest BCUT2D eigenvalue weighted by atomic mass is 32.1. The Morgan fingerprint density at radius 3 is 2.91 bits per heavy atom. The van der Waals surface area contributed by atoms with Crippen molar-refractivity contribution in [1.29, 1.82) is 0 Å². The Morgan fingerprint density at radius 2 is 2.14 bits per heavy atom. The lowest BCUT2D eigenvalue weighted by Gasteiger charge is -2.52. The van der Waals surface area contributed by atoms with E-state index in [0.29, 0.717) is 6.01 Å². The van der Waals surface area contributed by atoms with Crippen LogP contribution in [0, 0.1) is 0 Å². The molecule has 22 heavy (non-hydrogen) atoms. The molecule has 2 aromatic rings. The molecular weight excluding hydrogens is 300 g/mol. The zero-order valence-corrected chi connectivity index (χ0v) is 13.0. The first-order valence-corrected chi connectivity index (χ1v) is 8.38. The van der Waals surface area contributed by atoms with Crippen molar-refractivity contribution in [2.24, 2.45) is 0 Å². The van der Waals surface area contributed by atoms with Crippen molar-refractivity contribution in [3.63, 3.8) is 0 Å². The molecule has 116 valence electrons. The topological polar surface area (TPSA) is 60.4 Å². The van der Waals surface area contributed by atoms with Gasteiger partial charge >= 0.3 is 6.01 Å². The van der Waals surface area contributed by atoms with E-state index < -0.39 is 0 Å². The van der Waals surface area contributed by atoms with Gasteiger partial charge in [-0.3, -0.25) is 4.90 Å². The number of hydrogen-bond donors (Lipinski definition) is 0. The fourth-order valence-corrected chi connectivity index (χ4v) is 3.86. The van der Waals surface area contributed by atoms with Gasteiger partial charge in [0.2, 0.25) is 0 Å². The first kappa shape index (κ1) is 14.0. The minimum Gasteiger partial charge on any atom is -0.460 e. The molecule has 4 rings (SSSR count). The smallest absolute Gasteiger partial charge is 0.316 e. The molecular formula is C15H18N4O2S. The zero-order valence-electron chi connectivity index (χ0n) is 12.2. The predicted molar refractivity (Wildman–Crippen MR) is 81.8 cm³/mol. The average molecular weight is 318 g/mol. The number of aromatic nitrogens is 3. The van der Waals surface area contributed by atoms with E-state index in [2.05, 4.69) is 19.9 Å². The summed E-state index contributed by atoms with van der Waals surface area (Å²) in [7, 11) is 0. The molecule has 2 fully saturated rings. The van der Waals surface area contributed by atoms with E-state index in [-0.39, 0.29) is 11.7 Å². The first-order chi connectivity index (χ1) is 10.8. The average Bonchev–Trinajstić information content (AvgIpc) is 3.00. The van der Waals surface area contributed by atoms with Crippen LogP contribution in [-0.2, 0) is 11.3 Å². The Hall–Kier alpha value is -1.57. The van der Waals surface area contributed by atoms with Gasteiger partial charge in [0.25, 0.3) is 0 Å². The number of rotatable bonds is 4. The number of thiazole rings is 1. The van der Waals surface area contributed by atoms with Crippen LogP contribution in [0.1, 0.15) is 17.8 Å². The van der Waals surface area contributed by atoms with Gasteiger partial charge in [-0.05, 0) is 6.07 Å². The van der Waals surface area contributed by atoms with Gasteiger partial charge in [0.1, 0.15) is 11.1 Å². The zero-order chi connectivity index (χ0) is 14.8. The van der Waals surface area contributed by atoms with Crippen molar-refractivity contribution in [3.05, 3.63) is 35.0 Å². The molecule has 0 aromatic carbocycles. The number of ether oxygens (including phenoxy) is 2. The van der Waals surface area contributed by atoms with Crippen molar-refractivity contribution < 1.29 is 9.47 Å². The fourth-order valence-electron chi connectivity index (χ4n) is 3.20. The quantitative estimate of drug-likeness (QED) is 0.856. The molecule has 2 aromatic heterocycles. The summed E-state index contributed by atoms with van der Waals surface area (Å²) in [4.78, 5) is 15.0. The lowest BCUT2D eigenvalue weighted by atomic mass is 9.85. The fraction of sp³-hybridized carbons (Fsp3) is 0.533. The monoisotopic (exact) mass is 318 g/mol. The summed E-state index contributed by atoms with van der Waals surface area (Å²) in [5.41, 5.74) is -0.0606. The summed E-state index contributed by atoms with van der Waals surface area (Å²) in [6.07, 6.45) is 7.20. The number of likely N-dealkylation sites (tertiary alicyclic amines) is 1. The molecule has 1 spiro atoms. The van der Waals surface area contributed by atoms with Crippen LogP contribution < -0.4 is 4.74 Å². The van der Waals surface area contributed by atoms with Crippen molar-refractivity contribution in [2.75, 3.05) is 19.7 Å². The second kappa shape index (κ2) is 5.91. The molecule has 0 unspecified atom stereocenters. The van der Waals surface area contributed by atoms with Gasteiger partial charge in [-0.2, -0.15) is 0 Å². The Labute approximate surface area is 133 Å². The molecule has 2 aliphatic heterocycles. The summed E-state index contributed by atoms with van der Waals surface area (Å²) < 4.78 is 11.9. The molecule has 0 saturated carbocycles. The van der Waals surface area contributed by atoms with Crippen LogP contribution >= 0.6 is 11.3 Å². The van der Waals surface area contributed by atoms with Gasteiger partial charge in [0.15, 0.2) is 0 Å². The second-order valence-electron chi connectivity index (χ2n) is 5.87. The third kappa shape index (κ3) is 2.97. The molecule has 0 aliphatic carbocycles. The normalized spacial score (nSPS) is 24.1. The third-order valence-corrected chi connectivity index (χ3v) is 4.89. The Balaban J connectivity index is 1.32. The lowest BCUT2D eigenvalue weighted by molar-refractivity contribution is -0.188. The van der Waals surface area contributed by atoms with Crippen LogP contribution in [0.3, 0.4) is 0 Å². The maximum Gasteiger partial charge on any atom is 0.316 e. The molecule has 0 amide bonds. The van der Waals surface area contributed by atoms with E-state index >= 15 is 0 Å². The van der Waals surface area contributed by atoms with Gasteiger partial charge in [0.05, 0.1) is 18.8 Å². The minimum absolute atomic E-state index is 0.0606. The SMILES string of the molecule is c1cnc(O[C@H]2CCOC3(C2)CN(Cc2nccs2)C3)nc1. The maximum absolute atomic E-state index is 6.04. The molecule has 0 N–H and O–H groups in total. The van der Waals surface area contributed by atoms with Crippen LogP contribution in [0.25, 0.3) is 0 Å². The van der Waals surface area contributed by atoms with Crippen LogP contribution in [0.5, 0.6) is 6.01 Å². The molecule has 4 heterocycles.